The first kappa shape index (κ1) is 21.1. The molecule has 1 aliphatic heterocycles. The monoisotopic (exact) mass is 465 g/mol. The first-order valence-electron chi connectivity index (χ1n) is 9.66. The molecule has 10 heteroatoms. The highest BCUT2D eigenvalue weighted by atomic mass is 35.5. The van der Waals surface area contributed by atoms with Crippen LogP contribution >= 0.6 is 34.5 Å². The topological polar surface area (TPSA) is 82.2 Å². The van der Waals surface area contributed by atoms with Gasteiger partial charge in [0.25, 0.3) is 5.56 Å². The minimum Gasteiger partial charge on any atom is -0.352 e. The van der Waals surface area contributed by atoms with Gasteiger partial charge in [0.05, 0.1) is 15.4 Å². The fourth-order valence-corrected chi connectivity index (χ4v) is 5.16. The number of aromatic nitrogens is 3. The molecule has 0 spiro atoms. The first-order chi connectivity index (χ1) is 14.3. The SMILES string of the molecule is Cc1sc2nc(CCC(=O)N3CCN(c4ncc(Cl)cc4Cl)CC3)[nH]c(=O)c2c1C. The van der Waals surface area contributed by atoms with E-state index in [2.05, 4.69) is 19.9 Å². The molecule has 0 radical (unpaired) electrons. The summed E-state index contributed by atoms with van der Waals surface area (Å²) in [6.45, 7) is 6.39. The molecular weight excluding hydrogens is 445 g/mol. The molecule has 0 bridgehead atoms. The Bertz CT molecular complexity index is 1170. The number of carbonyl (C=O) groups excluding carboxylic acids is 1. The number of hydrogen-bond donors (Lipinski definition) is 1. The summed E-state index contributed by atoms with van der Waals surface area (Å²) in [6.07, 6.45) is 2.28. The molecule has 4 rings (SSSR count). The third-order valence-electron chi connectivity index (χ3n) is 5.38. The van der Waals surface area contributed by atoms with Gasteiger partial charge in [-0.1, -0.05) is 23.2 Å². The van der Waals surface area contributed by atoms with Crippen molar-refractivity contribution in [2.75, 3.05) is 31.1 Å². The number of aryl methyl sites for hydroxylation is 3. The van der Waals surface area contributed by atoms with E-state index in [1.54, 1.807) is 12.3 Å². The van der Waals surface area contributed by atoms with Crippen molar-refractivity contribution in [1.82, 2.24) is 19.9 Å². The first-order valence-corrected chi connectivity index (χ1v) is 11.2. The summed E-state index contributed by atoms with van der Waals surface area (Å²) < 4.78 is 0. The van der Waals surface area contributed by atoms with E-state index in [0.717, 1.165) is 15.3 Å². The van der Waals surface area contributed by atoms with Crippen molar-refractivity contribution in [2.24, 2.45) is 0 Å². The fourth-order valence-electron chi connectivity index (χ4n) is 3.61. The van der Waals surface area contributed by atoms with Crippen molar-refractivity contribution in [3.63, 3.8) is 0 Å². The predicted octanol–water partition coefficient (Wildman–Crippen LogP) is 3.58. The second-order valence-electron chi connectivity index (χ2n) is 7.30. The molecule has 1 aliphatic rings. The zero-order valence-electron chi connectivity index (χ0n) is 16.7. The lowest BCUT2D eigenvalue weighted by Crippen LogP contribution is -2.49. The Morgan fingerprint density at radius 1 is 1.23 bits per heavy atom. The molecule has 0 aliphatic carbocycles. The largest absolute Gasteiger partial charge is 0.352 e. The number of anilines is 1. The number of carbonyl (C=O) groups is 1. The summed E-state index contributed by atoms with van der Waals surface area (Å²) in [6, 6.07) is 1.67. The van der Waals surface area contributed by atoms with Gasteiger partial charge < -0.3 is 14.8 Å². The molecule has 4 heterocycles. The minimum absolute atomic E-state index is 0.0473. The summed E-state index contributed by atoms with van der Waals surface area (Å²) in [5.74, 6) is 1.29. The summed E-state index contributed by atoms with van der Waals surface area (Å²) in [5, 5.41) is 1.65. The number of nitrogens with zero attached hydrogens (tertiary/aromatic N) is 4. The van der Waals surface area contributed by atoms with Crippen molar-refractivity contribution in [3.05, 3.63) is 48.9 Å². The highest BCUT2D eigenvalue weighted by Gasteiger charge is 2.23. The van der Waals surface area contributed by atoms with E-state index in [1.165, 1.54) is 11.3 Å². The molecule has 0 saturated carbocycles. The third kappa shape index (κ3) is 4.17. The van der Waals surface area contributed by atoms with Crippen LogP contribution in [0.15, 0.2) is 17.1 Å². The lowest BCUT2D eigenvalue weighted by Gasteiger charge is -2.35. The number of pyridine rings is 1. The normalized spacial score (nSPS) is 14.5. The van der Waals surface area contributed by atoms with E-state index in [4.69, 9.17) is 23.2 Å². The maximum absolute atomic E-state index is 12.7. The molecule has 1 N–H and O–H groups in total. The number of fused-ring (bicyclic) bond motifs is 1. The van der Waals surface area contributed by atoms with Gasteiger partial charge in [0.1, 0.15) is 16.5 Å². The molecule has 0 atom stereocenters. The second-order valence-corrected chi connectivity index (χ2v) is 9.35. The summed E-state index contributed by atoms with van der Waals surface area (Å²) in [7, 11) is 0. The maximum atomic E-state index is 12.7. The number of aromatic amines is 1. The quantitative estimate of drug-likeness (QED) is 0.636. The Kier molecular flexibility index (Phi) is 5.99. The molecule has 0 unspecified atom stereocenters. The molecule has 7 nitrogen and oxygen atoms in total. The van der Waals surface area contributed by atoms with Crippen LogP contribution < -0.4 is 10.5 Å². The van der Waals surface area contributed by atoms with Gasteiger partial charge in [0.15, 0.2) is 0 Å². The number of halogens is 2. The zero-order chi connectivity index (χ0) is 21.4. The van der Waals surface area contributed by atoms with Gasteiger partial charge in [0, 0.05) is 50.1 Å². The van der Waals surface area contributed by atoms with E-state index in [0.29, 0.717) is 66.1 Å². The Labute approximate surface area is 187 Å². The summed E-state index contributed by atoms with van der Waals surface area (Å²) in [5.41, 5.74) is 0.838. The van der Waals surface area contributed by atoms with Crippen molar-refractivity contribution in [1.29, 1.82) is 0 Å². The van der Waals surface area contributed by atoms with Crippen molar-refractivity contribution in [3.8, 4) is 0 Å². The number of thiophene rings is 1. The third-order valence-corrected chi connectivity index (χ3v) is 6.97. The number of piperazine rings is 1. The molecule has 3 aromatic rings. The summed E-state index contributed by atoms with van der Waals surface area (Å²) in [4.78, 5) is 42.4. The molecule has 158 valence electrons. The lowest BCUT2D eigenvalue weighted by molar-refractivity contribution is -0.131. The van der Waals surface area contributed by atoms with E-state index in [-0.39, 0.29) is 11.5 Å². The van der Waals surface area contributed by atoms with Crippen LogP contribution in [0.3, 0.4) is 0 Å². The van der Waals surface area contributed by atoms with E-state index >= 15 is 0 Å². The number of hydrogen-bond acceptors (Lipinski definition) is 6. The van der Waals surface area contributed by atoms with Crippen LogP contribution in [0.5, 0.6) is 0 Å². The Hall–Kier alpha value is -2.16. The van der Waals surface area contributed by atoms with E-state index in [9.17, 15) is 9.59 Å². The average Bonchev–Trinajstić information content (AvgIpc) is 3.00. The standard InChI is InChI=1S/C20H21Cl2N5O2S/c1-11-12(2)30-20-17(11)19(29)24-15(25-20)3-4-16(28)26-5-7-27(8-6-26)18-14(22)9-13(21)10-23-18/h9-10H,3-8H2,1-2H3,(H,24,25,29). The maximum Gasteiger partial charge on any atom is 0.259 e. The number of rotatable bonds is 4. The van der Waals surface area contributed by atoms with Crippen LogP contribution in [0.25, 0.3) is 10.2 Å². The molecular formula is C20H21Cl2N5O2S. The highest BCUT2D eigenvalue weighted by Crippen LogP contribution is 2.27. The number of nitrogens with one attached hydrogen (secondary N) is 1. The van der Waals surface area contributed by atoms with Gasteiger partial charge in [-0.05, 0) is 25.5 Å². The molecule has 1 amide bonds. The van der Waals surface area contributed by atoms with Crippen LogP contribution in [0.1, 0.15) is 22.7 Å². The van der Waals surface area contributed by atoms with Crippen LogP contribution in [-0.2, 0) is 11.2 Å². The zero-order valence-corrected chi connectivity index (χ0v) is 19.0. The molecule has 1 fully saturated rings. The minimum atomic E-state index is -0.134. The molecule has 0 aromatic carbocycles. The fraction of sp³-hybridized carbons (Fsp3) is 0.400. The van der Waals surface area contributed by atoms with Gasteiger partial charge in [0.2, 0.25) is 5.91 Å². The number of amides is 1. The van der Waals surface area contributed by atoms with Crippen molar-refractivity contribution >= 4 is 56.5 Å². The summed E-state index contributed by atoms with van der Waals surface area (Å²) >= 11 is 13.7. The lowest BCUT2D eigenvalue weighted by atomic mass is 10.2. The number of H-pyrrole nitrogens is 1. The second kappa shape index (κ2) is 8.53. The van der Waals surface area contributed by atoms with Crippen LogP contribution in [0.2, 0.25) is 10.0 Å². The highest BCUT2D eigenvalue weighted by molar-refractivity contribution is 7.18. The van der Waals surface area contributed by atoms with Crippen molar-refractivity contribution < 1.29 is 4.79 Å². The Morgan fingerprint density at radius 3 is 2.67 bits per heavy atom. The van der Waals surface area contributed by atoms with Gasteiger partial charge in [-0.15, -0.1) is 11.3 Å². The van der Waals surface area contributed by atoms with Gasteiger partial charge >= 0.3 is 0 Å². The van der Waals surface area contributed by atoms with E-state index in [1.807, 2.05) is 18.7 Å². The molecule has 1 saturated heterocycles. The average molecular weight is 466 g/mol. The van der Waals surface area contributed by atoms with Gasteiger partial charge in [-0.25, -0.2) is 9.97 Å². The van der Waals surface area contributed by atoms with Crippen LogP contribution in [-0.4, -0.2) is 51.9 Å². The van der Waals surface area contributed by atoms with Gasteiger partial charge in [-0.2, -0.15) is 0 Å². The Morgan fingerprint density at radius 2 is 1.97 bits per heavy atom. The van der Waals surface area contributed by atoms with Crippen molar-refractivity contribution in [2.45, 2.75) is 26.7 Å². The smallest absolute Gasteiger partial charge is 0.259 e. The van der Waals surface area contributed by atoms with Crippen LogP contribution in [0, 0.1) is 13.8 Å². The predicted molar refractivity (Wildman–Crippen MR) is 121 cm³/mol. The molecule has 3 aromatic heterocycles. The molecule has 30 heavy (non-hydrogen) atoms. The van der Waals surface area contributed by atoms with E-state index < -0.39 is 0 Å². The van der Waals surface area contributed by atoms with Gasteiger partial charge in [-0.3, -0.25) is 9.59 Å². The van der Waals surface area contributed by atoms with Crippen LogP contribution in [0.4, 0.5) is 5.82 Å². The Balaban J connectivity index is 1.36.